The highest BCUT2D eigenvalue weighted by Crippen LogP contribution is 2.18. The summed E-state index contributed by atoms with van der Waals surface area (Å²) in [6, 6.07) is 7.67. The molecule has 1 N–H and O–H groups in total. The standard InChI is InChI=1S/C16H21NO4/c1-12-5-2-3-7-14(12)21-10-8-15(18)17-9-4-6-13(11-17)16(19)20/h2-3,5,7,13H,4,6,8-11H2,1H3,(H,19,20)/t13-/m0/s1. The van der Waals surface area contributed by atoms with Gasteiger partial charge in [0.05, 0.1) is 18.9 Å². The Hall–Kier alpha value is -2.04. The molecule has 1 aromatic carbocycles. The largest absolute Gasteiger partial charge is 0.493 e. The van der Waals surface area contributed by atoms with Crippen molar-refractivity contribution >= 4 is 11.9 Å². The van der Waals surface area contributed by atoms with Crippen LogP contribution in [0.25, 0.3) is 0 Å². The molecular formula is C16H21NO4. The number of rotatable bonds is 5. The number of para-hydroxylation sites is 1. The molecule has 1 amide bonds. The van der Waals surface area contributed by atoms with Gasteiger partial charge in [-0.05, 0) is 31.4 Å². The summed E-state index contributed by atoms with van der Waals surface area (Å²) in [6.07, 6.45) is 1.68. The molecule has 1 aliphatic rings. The lowest BCUT2D eigenvalue weighted by Gasteiger charge is -2.30. The summed E-state index contributed by atoms with van der Waals surface area (Å²) in [5.74, 6) is -0.495. The number of benzene rings is 1. The third-order valence-corrected chi connectivity index (χ3v) is 3.79. The number of carboxylic acid groups (broad SMARTS) is 1. The molecule has 5 heteroatoms. The Balaban J connectivity index is 1.79. The number of hydrogen-bond donors (Lipinski definition) is 1. The fourth-order valence-electron chi connectivity index (χ4n) is 2.53. The Kier molecular flexibility index (Phi) is 5.20. The van der Waals surface area contributed by atoms with Crippen LogP contribution < -0.4 is 4.74 Å². The number of nitrogens with zero attached hydrogens (tertiary/aromatic N) is 1. The molecule has 2 rings (SSSR count). The van der Waals surface area contributed by atoms with E-state index in [0.29, 0.717) is 26.1 Å². The second-order valence-electron chi connectivity index (χ2n) is 5.38. The fraction of sp³-hybridized carbons (Fsp3) is 0.500. The van der Waals surface area contributed by atoms with Gasteiger partial charge in [-0.15, -0.1) is 0 Å². The smallest absolute Gasteiger partial charge is 0.308 e. The lowest BCUT2D eigenvalue weighted by molar-refractivity contribution is -0.145. The first-order chi connectivity index (χ1) is 10.1. The number of piperidine rings is 1. The van der Waals surface area contributed by atoms with Crippen LogP contribution >= 0.6 is 0 Å². The van der Waals surface area contributed by atoms with Gasteiger partial charge in [-0.1, -0.05) is 18.2 Å². The van der Waals surface area contributed by atoms with E-state index < -0.39 is 11.9 Å². The number of aliphatic carboxylic acids is 1. The molecule has 0 radical (unpaired) electrons. The van der Waals surface area contributed by atoms with E-state index in [1.807, 2.05) is 31.2 Å². The van der Waals surface area contributed by atoms with Gasteiger partial charge in [0.25, 0.3) is 0 Å². The van der Waals surface area contributed by atoms with Crippen LogP contribution in [0.1, 0.15) is 24.8 Å². The van der Waals surface area contributed by atoms with E-state index in [1.54, 1.807) is 4.90 Å². The summed E-state index contributed by atoms with van der Waals surface area (Å²) in [6.45, 7) is 3.24. The van der Waals surface area contributed by atoms with Crippen molar-refractivity contribution in [2.75, 3.05) is 19.7 Å². The van der Waals surface area contributed by atoms with Gasteiger partial charge in [-0.2, -0.15) is 0 Å². The van der Waals surface area contributed by atoms with Gasteiger partial charge in [0.1, 0.15) is 5.75 Å². The molecule has 0 unspecified atom stereocenters. The third-order valence-electron chi connectivity index (χ3n) is 3.79. The Morgan fingerprint density at radius 2 is 2.14 bits per heavy atom. The number of amides is 1. The van der Waals surface area contributed by atoms with Crippen LogP contribution in [0.2, 0.25) is 0 Å². The van der Waals surface area contributed by atoms with Gasteiger partial charge in [-0.25, -0.2) is 0 Å². The van der Waals surface area contributed by atoms with Crippen LogP contribution in [0.3, 0.4) is 0 Å². The van der Waals surface area contributed by atoms with E-state index in [9.17, 15) is 9.59 Å². The average Bonchev–Trinajstić information content (AvgIpc) is 2.49. The molecule has 1 aliphatic heterocycles. The number of aryl methyl sites for hydroxylation is 1. The molecular weight excluding hydrogens is 270 g/mol. The van der Waals surface area contributed by atoms with Crippen LogP contribution in [-0.2, 0) is 9.59 Å². The predicted molar refractivity (Wildman–Crippen MR) is 78.2 cm³/mol. The summed E-state index contributed by atoms with van der Waals surface area (Å²) in [7, 11) is 0. The van der Waals surface area contributed by atoms with Crippen LogP contribution in [-0.4, -0.2) is 41.6 Å². The third kappa shape index (κ3) is 4.21. The van der Waals surface area contributed by atoms with Gasteiger partial charge in [0.15, 0.2) is 0 Å². The maximum Gasteiger partial charge on any atom is 0.308 e. The lowest BCUT2D eigenvalue weighted by atomic mass is 9.98. The molecule has 0 aromatic heterocycles. The molecule has 21 heavy (non-hydrogen) atoms. The molecule has 0 bridgehead atoms. The van der Waals surface area contributed by atoms with Crippen molar-refractivity contribution in [2.24, 2.45) is 5.92 Å². The van der Waals surface area contributed by atoms with Gasteiger partial charge < -0.3 is 14.7 Å². The van der Waals surface area contributed by atoms with Crippen molar-refractivity contribution < 1.29 is 19.4 Å². The topological polar surface area (TPSA) is 66.8 Å². The summed E-state index contributed by atoms with van der Waals surface area (Å²) >= 11 is 0. The Bertz CT molecular complexity index is 515. The predicted octanol–water partition coefficient (Wildman–Crippen LogP) is 2.09. The first-order valence-corrected chi connectivity index (χ1v) is 7.27. The highest BCUT2D eigenvalue weighted by molar-refractivity contribution is 5.78. The highest BCUT2D eigenvalue weighted by atomic mass is 16.5. The first-order valence-electron chi connectivity index (χ1n) is 7.27. The molecule has 0 spiro atoms. The Labute approximate surface area is 124 Å². The molecule has 5 nitrogen and oxygen atoms in total. The van der Waals surface area contributed by atoms with Crippen molar-refractivity contribution in [1.29, 1.82) is 0 Å². The van der Waals surface area contributed by atoms with E-state index in [-0.39, 0.29) is 12.3 Å². The summed E-state index contributed by atoms with van der Waals surface area (Å²) in [5, 5.41) is 9.03. The van der Waals surface area contributed by atoms with Crippen molar-refractivity contribution in [3.8, 4) is 5.75 Å². The van der Waals surface area contributed by atoms with Gasteiger partial charge in [-0.3, -0.25) is 9.59 Å². The maximum atomic E-state index is 12.1. The first kappa shape index (κ1) is 15.4. The van der Waals surface area contributed by atoms with E-state index in [4.69, 9.17) is 9.84 Å². The van der Waals surface area contributed by atoms with Gasteiger partial charge in [0.2, 0.25) is 5.91 Å². The minimum Gasteiger partial charge on any atom is -0.493 e. The number of carbonyl (C=O) groups is 2. The highest BCUT2D eigenvalue weighted by Gasteiger charge is 2.27. The minimum absolute atomic E-state index is 0.0328. The van der Waals surface area contributed by atoms with E-state index in [0.717, 1.165) is 17.7 Å². The van der Waals surface area contributed by atoms with Crippen molar-refractivity contribution in [3.05, 3.63) is 29.8 Å². The normalized spacial score (nSPS) is 18.3. The van der Waals surface area contributed by atoms with Crippen LogP contribution in [0.4, 0.5) is 0 Å². The molecule has 1 heterocycles. The summed E-state index contributed by atoms with van der Waals surface area (Å²) in [5.41, 5.74) is 1.04. The molecule has 1 fully saturated rings. The molecule has 1 saturated heterocycles. The van der Waals surface area contributed by atoms with E-state index in [2.05, 4.69) is 0 Å². The number of ether oxygens (including phenoxy) is 1. The summed E-state index contributed by atoms with van der Waals surface area (Å²) < 4.78 is 5.61. The second kappa shape index (κ2) is 7.11. The number of carboxylic acids is 1. The number of carbonyl (C=O) groups excluding carboxylic acids is 1. The second-order valence-corrected chi connectivity index (χ2v) is 5.38. The van der Waals surface area contributed by atoms with E-state index in [1.165, 1.54) is 0 Å². The molecule has 1 aromatic rings. The molecule has 0 aliphatic carbocycles. The van der Waals surface area contributed by atoms with Gasteiger partial charge in [0, 0.05) is 13.1 Å². The van der Waals surface area contributed by atoms with Gasteiger partial charge >= 0.3 is 5.97 Å². The molecule has 0 saturated carbocycles. The number of likely N-dealkylation sites (tertiary alicyclic amines) is 1. The average molecular weight is 291 g/mol. The monoisotopic (exact) mass is 291 g/mol. The quantitative estimate of drug-likeness (QED) is 0.902. The van der Waals surface area contributed by atoms with Crippen molar-refractivity contribution in [2.45, 2.75) is 26.2 Å². The fourth-order valence-corrected chi connectivity index (χ4v) is 2.53. The van der Waals surface area contributed by atoms with Crippen LogP contribution in [0.5, 0.6) is 5.75 Å². The maximum absolute atomic E-state index is 12.1. The molecule has 1 atom stereocenters. The minimum atomic E-state index is -0.816. The Morgan fingerprint density at radius 1 is 1.38 bits per heavy atom. The van der Waals surface area contributed by atoms with Crippen LogP contribution in [0.15, 0.2) is 24.3 Å². The van der Waals surface area contributed by atoms with Crippen LogP contribution in [0, 0.1) is 12.8 Å². The van der Waals surface area contributed by atoms with E-state index >= 15 is 0 Å². The SMILES string of the molecule is Cc1ccccc1OCCC(=O)N1CCC[C@H](C(=O)O)C1. The Morgan fingerprint density at radius 3 is 2.86 bits per heavy atom. The lowest BCUT2D eigenvalue weighted by Crippen LogP contribution is -2.42. The summed E-state index contributed by atoms with van der Waals surface area (Å²) in [4.78, 5) is 24.7. The van der Waals surface area contributed by atoms with Crippen molar-refractivity contribution in [1.82, 2.24) is 4.90 Å². The zero-order chi connectivity index (χ0) is 15.2. The number of hydrogen-bond acceptors (Lipinski definition) is 3. The van der Waals surface area contributed by atoms with Crippen molar-refractivity contribution in [3.63, 3.8) is 0 Å². The molecule has 114 valence electrons. The zero-order valence-corrected chi connectivity index (χ0v) is 12.2. The zero-order valence-electron chi connectivity index (χ0n) is 12.2.